The summed E-state index contributed by atoms with van der Waals surface area (Å²) in [6, 6.07) is 19.5. The Kier molecular flexibility index (Phi) is 3.79. The first-order chi connectivity index (χ1) is 9.65. The molecule has 0 aliphatic heterocycles. The second kappa shape index (κ2) is 5.57. The number of halogens is 2. The maximum atomic E-state index is 10.7. The zero-order chi connectivity index (χ0) is 14.1. The average Bonchev–Trinajstić information content (AvgIpc) is 2.45. The molecule has 1 N–H and O–H groups in total. The number of rotatable bonds is 2. The summed E-state index contributed by atoms with van der Waals surface area (Å²) in [4.78, 5) is 0. The molecular formula is C17H12BrClO. The monoisotopic (exact) mass is 346 g/mol. The van der Waals surface area contributed by atoms with E-state index in [9.17, 15) is 5.11 Å². The maximum absolute atomic E-state index is 10.7. The Morgan fingerprint density at radius 3 is 2.50 bits per heavy atom. The van der Waals surface area contributed by atoms with Gasteiger partial charge in [0.25, 0.3) is 0 Å². The first-order valence-electron chi connectivity index (χ1n) is 6.27. The zero-order valence-electron chi connectivity index (χ0n) is 10.6. The summed E-state index contributed by atoms with van der Waals surface area (Å²) in [5.41, 5.74) is 1.66. The topological polar surface area (TPSA) is 20.2 Å². The lowest BCUT2D eigenvalue weighted by Crippen LogP contribution is -2.00. The lowest BCUT2D eigenvalue weighted by atomic mass is 9.96. The summed E-state index contributed by atoms with van der Waals surface area (Å²) in [7, 11) is 0. The number of fused-ring (bicyclic) bond motifs is 1. The molecule has 1 unspecified atom stereocenters. The Labute approximate surface area is 131 Å². The Morgan fingerprint density at radius 1 is 0.950 bits per heavy atom. The minimum atomic E-state index is -0.698. The first kappa shape index (κ1) is 13.6. The molecule has 0 spiro atoms. The van der Waals surface area contributed by atoms with E-state index in [4.69, 9.17) is 11.6 Å². The Bertz CT molecular complexity index is 744. The van der Waals surface area contributed by atoms with Crippen LogP contribution in [0, 0.1) is 0 Å². The van der Waals surface area contributed by atoms with Gasteiger partial charge in [0.1, 0.15) is 6.10 Å². The molecule has 0 saturated heterocycles. The van der Waals surface area contributed by atoms with Gasteiger partial charge in [0.2, 0.25) is 0 Å². The lowest BCUT2D eigenvalue weighted by molar-refractivity contribution is 0.222. The van der Waals surface area contributed by atoms with Crippen molar-refractivity contribution in [2.75, 3.05) is 0 Å². The van der Waals surface area contributed by atoms with E-state index in [1.807, 2.05) is 48.5 Å². The minimum absolute atomic E-state index is 0.605. The first-order valence-corrected chi connectivity index (χ1v) is 7.44. The normalized spacial score (nSPS) is 12.6. The molecule has 3 rings (SSSR count). The molecule has 0 aliphatic carbocycles. The van der Waals surface area contributed by atoms with Crippen molar-refractivity contribution >= 4 is 38.3 Å². The van der Waals surface area contributed by atoms with Crippen molar-refractivity contribution in [2.24, 2.45) is 0 Å². The van der Waals surface area contributed by atoms with Gasteiger partial charge in [0.05, 0.1) is 0 Å². The summed E-state index contributed by atoms with van der Waals surface area (Å²) in [5.74, 6) is 0. The van der Waals surface area contributed by atoms with Crippen molar-refractivity contribution in [1.29, 1.82) is 0 Å². The van der Waals surface area contributed by atoms with Crippen LogP contribution in [0.2, 0.25) is 5.02 Å². The van der Waals surface area contributed by atoms with Gasteiger partial charge in [-0.2, -0.15) is 0 Å². The third kappa shape index (κ3) is 2.59. The van der Waals surface area contributed by atoms with E-state index >= 15 is 0 Å². The molecule has 1 nitrogen and oxygen atoms in total. The standard InChI is InChI=1S/C17H12BrClO/c18-13-8-12(9-14(19)10-13)17(20)16-7-3-5-11-4-1-2-6-15(11)16/h1-10,17,20H. The molecule has 0 fully saturated rings. The fourth-order valence-corrected chi connectivity index (χ4v) is 3.29. The van der Waals surface area contributed by atoms with Gasteiger partial charge in [-0.3, -0.25) is 0 Å². The van der Waals surface area contributed by atoms with Crippen molar-refractivity contribution < 1.29 is 5.11 Å². The van der Waals surface area contributed by atoms with Gasteiger partial charge in [-0.25, -0.2) is 0 Å². The molecular weight excluding hydrogens is 336 g/mol. The molecule has 0 saturated carbocycles. The van der Waals surface area contributed by atoms with E-state index in [-0.39, 0.29) is 0 Å². The van der Waals surface area contributed by atoms with Crippen LogP contribution < -0.4 is 0 Å². The van der Waals surface area contributed by atoms with Crippen molar-refractivity contribution in [3.05, 3.63) is 81.3 Å². The molecule has 3 aromatic carbocycles. The zero-order valence-corrected chi connectivity index (χ0v) is 12.9. The molecule has 3 aromatic rings. The predicted molar refractivity (Wildman–Crippen MR) is 87.2 cm³/mol. The smallest absolute Gasteiger partial charge is 0.105 e. The highest BCUT2D eigenvalue weighted by Crippen LogP contribution is 2.31. The molecule has 0 aliphatic rings. The highest BCUT2D eigenvalue weighted by molar-refractivity contribution is 9.10. The van der Waals surface area contributed by atoms with Crippen LogP contribution in [0.3, 0.4) is 0 Å². The minimum Gasteiger partial charge on any atom is -0.384 e. The molecule has 0 amide bonds. The van der Waals surface area contributed by atoms with Crippen LogP contribution in [0.1, 0.15) is 17.2 Å². The summed E-state index contributed by atoms with van der Waals surface area (Å²) < 4.78 is 0.860. The molecule has 0 heterocycles. The molecule has 0 aromatic heterocycles. The summed E-state index contributed by atoms with van der Waals surface area (Å²) in [5, 5.41) is 13.4. The number of benzene rings is 3. The van der Waals surface area contributed by atoms with Gasteiger partial charge in [-0.15, -0.1) is 0 Å². The van der Waals surface area contributed by atoms with Crippen LogP contribution in [0.4, 0.5) is 0 Å². The van der Waals surface area contributed by atoms with E-state index in [2.05, 4.69) is 15.9 Å². The lowest BCUT2D eigenvalue weighted by Gasteiger charge is -2.15. The molecule has 100 valence electrons. The van der Waals surface area contributed by atoms with Crippen LogP contribution in [0.15, 0.2) is 65.1 Å². The highest BCUT2D eigenvalue weighted by atomic mass is 79.9. The summed E-state index contributed by atoms with van der Waals surface area (Å²) in [6.45, 7) is 0. The summed E-state index contributed by atoms with van der Waals surface area (Å²) >= 11 is 9.47. The van der Waals surface area contributed by atoms with Crippen molar-refractivity contribution in [3.63, 3.8) is 0 Å². The van der Waals surface area contributed by atoms with Gasteiger partial charge in [0.15, 0.2) is 0 Å². The van der Waals surface area contributed by atoms with Gasteiger partial charge in [-0.05, 0) is 40.1 Å². The molecule has 3 heteroatoms. The molecule has 0 radical (unpaired) electrons. The number of aliphatic hydroxyl groups excluding tert-OH is 1. The number of hydrogen-bond donors (Lipinski definition) is 1. The Hall–Kier alpha value is -1.35. The van der Waals surface area contributed by atoms with Crippen LogP contribution in [-0.4, -0.2) is 5.11 Å². The maximum Gasteiger partial charge on any atom is 0.105 e. The molecule has 1 atom stereocenters. The van der Waals surface area contributed by atoms with Crippen molar-refractivity contribution in [1.82, 2.24) is 0 Å². The number of hydrogen-bond acceptors (Lipinski definition) is 1. The third-order valence-electron chi connectivity index (χ3n) is 3.32. The molecule has 0 bridgehead atoms. The van der Waals surface area contributed by atoms with Crippen molar-refractivity contribution in [3.8, 4) is 0 Å². The van der Waals surface area contributed by atoms with E-state index in [1.165, 1.54) is 0 Å². The van der Waals surface area contributed by atoms with E-state index in [0.29, 0.717) is 5.02 Å². The second-order valence-corrected chi connectivity index (χ2v) is 6.03. The van der Waals surface area contributed by atoms with Gasteiger partial charge < -0.3 is 5.11 Å². The van der Waals surface area contributed by atoms with E-state index in [1.54, 1.807) is 12.1 Å². The second-order valence-electron chi connectivity index (χ2n) is 4.67. The van der Waals surface area contributed by atoms with Crippen LogP contribution in [0.25, 0.3) is 10.8 Å². The van der Waals surface area contributed by atoms with Crippen LogP contribution in [0.5, 0.6) is 0 Å². The SMILES string of the molecule is OC(c1cc(Cl)cc(Br)c1)c1cccc2ccccc12. The van der Waals surface area contributed by atoms with Crippen LogP contribution >= 0.6 is 27.5 Å². The number of aliphatic hydroxyl groups is 1. The predicted octanol–water partition coefficient (Wildman–Crippen LogP) is 5.34. The Morgan fingerprint density at radius 2 is 1.70 bits per heavy atom. The quantitative estimate of drug-likeness (QED) is 0.663. The van der Waals surface area contributed by atoms with Gasteiger partial charge in [0, 0.05) is 9.50 Å². The summed E-state index contributed by atoms with van der Waals surface area (Å²) in [6.07, 6.45) is -0.698. The Balaban J connectivity index is 2.15. The van der Waals surface area contributed by atoms with Gasteiger partial charge in [-0.1, -0.05) is 70.0 Å². The third-order valence-corrected chi connectivity index (χ3v) is 3.99. The highest BCUT2D eigenvalue weighted by Gasteiger charge is 2.14. The van der Waals surface area contributed by atoms with Crippen molar-refractivity contribution in [2.45, 2.75) is 6.10 Å². The fraction of sp³-hybridized carbons (Fsp3) is 0.0588. The van der Waals surface area contributed by atoms with E-state index in [0.717, 1.165) is 26.4 Å². The molecule has 20 heavy (non-hydrogen) atoms. The average molecular weight is 348 g/mol. The van der Waals surface area contributed by atoms with Gasteiger partial charge >= 0.3 is 0 Å². The largest absolute Gasteiger partial charge is 0.384 e. The van der Waals surface area contributed by atoms with Crippen LogP contribution in [-0.2, 0) is 0 Å². The van der Waals surface area contributed by atoms with E-state index < -0.39 is 6.10 Å². The fourth-order valence-electron chi connectivity index (χ4n) is 2.40.